The second-order valence-electron chi connectivity index (χ2n) is 6.36. The molecule has 0 saturated heterocycles. The predicted octanol–water partition coefficient (Wildman–Crippen LogP) is 4.34. The summed E-state index contributed by atoms with van der Waals surface area (Å²) in [5, 5.41) is 7.04. The number of nitrogens with zero attached hydrogens (tertiary/aromatic N) is 2. The Labute approximate surface area is 157 Å². The lowest BCUT2D eigenvalue weighted by Gasteiger charge is -2.08. The molecule has 0 aliphatic carbocycles. The van der Waals surface area contributed by atoms with Crippen molar-refractivity contribution < 1.29 is 4.79 Å². The van der Waals surface area contributed by atoms with Crippen molar-refractivity contribution in [3.05, 3.63) is 78.5 Å². The highest BCUT2D eigenvalue weighted by atomic mass is 16.1. The number of rotatable bonds is 4. The average molecular weight is 356 g/mol. The van der Waals surface area contributed by atoms with Crippen LogP contribution in [-0.4, -0.2) is 22.5 Å². The monoisotopic (exact) mass is 356 g/mol. The van der Waals surface area contributed by atoms with E-state index in [9.17, 15) is 4.79 Å². The molecule has 2 N–H and O–H groups in total. The fraction of sp³-hybridized carbons (Fsp3) is 0.0909. The number of para-hydroxylation sites is 1. The van der Waals surface area contributed by atoms with Gasteiger partial charge in [0.25, 0.3) is 5.91 Å². The minimum absolute atomic E-state index is 0.0839. The molecule has 2 aromatic carbocycles. The van der Waals surface area contributed by atoms with Gasteiger partial charge in [-0.2, -0.15) is 0 Å². The van der Waals surface area contributed by atoms with Crippen molar-refractivity contribution >= 4 is 28.3 Å². The molecule has 4 aromatic rings. The second-order valence-corrected chi connectivity index (χ2v) is 6.36. The molecule has 2 heterocycles. The lowest BCUT2D eigenvalue weighted by molar-refractivity contribution is 0.0963. The fourth-order valence-corrected chi connectivity index (χ4v) is 3.18. The van der Waals surface area contributed by atoms with Crippen LogP contribution in [0, 0.1) is 0 Å². The molecule has 0 spiro atoms. The standard InChI is InChI=1S/C22H20N4O/c1-23-22(27)16-10-8-15(9-11-16)19-12-17-14-24-21(13-20(17)26(19)2)25-18-6-4-3-5-7-18/h3-14H,1-2H3,(H,23,27)(H,24,25). The van der Waals surface area contributed by atoms with Crippen LogP contribution in [0.5, 0.6) is 0 Å². The first-order valence-corrected chi connectivity index (χ1v) is 8.76. The van der Waals surface area contributed by atoms with Gasteiger partial charge in [0, 0.05) is 48.7 Å². The van der Waals surface area contributed by atoms with Gasteiger partial charge in [0.05, 0.1) is 5.52 Å². The number of carbonyl (C=O) groups excluding carboxylic acids is 1. The number of carbonyl (C=O) groups is 1. The number of nitrogens with one attached hydrogen (secondary N) is 2. The first-order chi connectivity index (χ1) is 13.2. The summed E-state index contributed by atoms with van der Waals surface area (Å²) in [6.45, 7) is 0. The van der Waals surface area contributed by atoms with E-state index in [0.29, 0.717) is 5.56 Å². The van der Waals surface area contributed by atoms with E-state index in [-0.39, 0.29) is 5.91 Å². The number of aromatic nitrogens is 2. The van der Waals surface area contributed by atoms with Crippen LogP contribution in [0.3, 0.4) is 0 Å². The van der Waals surface area contributed by atoms with Crippen molar-refractivity contribution in [2.45, 2.75) is 0 Å². The Kier molecular flexibility index (Phi) is 4.34. The third-order valence-corrected chi connectivity index (χ3v) is 4.64. The zero-order valence-corrected chi connectivity index (χ0v) is 15.2. The first kappa shape index (κ1) is 16.8. The van der Waals surface area contributed by atoms with Gasteiger partial charge in [0.15, 0.2) is 0 Å². The predicted molar refractivity (Wildman–Crippen MR) is 109 cm³/mol. The quantitative estimate of drug-likeness (QED) is 0.572. The molecule has 2 aromatic heterocycles. The van der Waals surface area contributed by atoms with Gasteiger partial charge < -0.3 is 15.2 Å². The topological polar surface area (TPSA) is 59.0 Å². The highest BCUT2D eigenvalue weighted by molar-refractivity contribution is 5.95. The maximum Gasteiger partial charge on any atom is 0.251 e. The third kappa shape index (κ3) is 3.27. The van der Waals surface area contributed by atoms with Crippen molar-refractivity contribution in [2.75, 3.05) is 12.4 Å². The zero-order valence-electron chi connectivity index (χ0n) is 15.2. The van der Waals surface area contributed by atoms with Crippen molar-refractivity contribution in [3.63, 3.8) is 0 Å². The summed E-state index contributed by atoms with van der Waals surface area (Å²) < 4.78 is 2.14. The number of hydrogen-bond acceptors (Lipinski definition) is 3. The number of fused-ring (bicyclic) bond motifs is 1. The smallest absolute Gasteiger partial charge is 0.251 e. The molecule has 0 radical (unpaired) electrons. The van der Waals surface area contributed by atoms with Crippen LogP contribution in [-0.2, 0) is 7.05 Å². The lowest BCUT2D eigenvalue weighted by atomic mass is 10.1. The lowest BCUT2D eigenvalue weighted by Crippen LogP contribution is -2.17. The number of benzene rings is 2. The highest BCUT2D eigenvalue weighted by Crippen LogP contribution is 2.29. The Morgan fingerprint density at radius 3 is 2.44 bits per heavy atom. The van der Waals surface area contributed by atoms with Gasteiger partial charge in [0.2, 0.25) is 0 Å². The Morgan fingerprint density at radius 1 is 1.00 bits per heavy atom. The van der Waals surface area contributed by atoms with Gasteiger partial charge in [-0.1, -0.05) is 30.3 Å². The highest BCUT2D eigenvalue weighted by Gasteiger charge is 2.10. The van der Waals surface area contributed by atoms with Gasteiger partial charge >= 0.3 is 0 Å². The molecule has 0 atom stereocenters. The zero-order chi connectivity index (χ0) is 18.8. The molecular weight excluding hydrogens is 336 g/mol. The van der Waals surface area contributed by atoms with Crippen molar-refractivity contribution in [2.24, 2.45) is 7.05 Å². The van der Waals surface area contributed by atoms with E-state index < -0.39 is 0 Å². The molecule has 5 heteroatoms. The number of pyridine rings is 1. The summed E-state index contributed by atoms with van der Waals surface area (Å²) in [4.78, 5) is 16.2. The van der Waals surface area contributed by atoms with Gasteiger partial charge in [-0.05, 0) is 35.9 Å². The van der Waals surface area contributed by atoms with E-state index in [1.165, 1.54) is 0 Å². The van der Waals surface area contributed by atoms with Crippen molar-refractivity contribution in [3.8, 4) is 11.3 Å². The summed E-state index contributed by atoms with van der Waals surface area (Å²) in [6.07, 6.45) is 1.88. The van der Waals surface area contributed by atoms with E-state index >= 15 is 0 Å². The van der Waals surface area contributed by atoms with Crippen LogP contribution in [0.15, 0.2) is 72.9 Å². The Bertz CT molecular complexity index is 1100. The molecule has 0 aliphatic rings. The van der Waals surface area contributed by atoms with E-state index in [0.717, 1.165) is 33.7 Å². The molecule has 27 heavy (non-hydrogen) atoms. The fourth-order valence-electron chi connectivity index (χ4n) is 3.18. The molecule has 4 rings (SSSR count). The molecule has 0 bridgehead atoms. The van der Waals surface area contributed by atoms with Gasteiger partial charge in [-0.15, -0.1) is 0 Å². The van der Waals surface area contributed by atoms with E-state index in [4.69, 9.17) is 0 Å². The maximum absolute atomic E-state index is 11.7. The third-order valence-electron chi connectivity index (χ3n) is 4.64. The Morgan fingerprint density at radius 2 is 1.74 bits per heavy atom. The average Bonchev–Trinajstić information content (AvgIpc) is 3.04. The van der Waals surface area contributed by atoms with Gasteiger partial charge in [0.1, 0.15) is 5.82 Å². The number of aryl methyl sites for hydroxylation is 1. The van der Waals surface area contributed by atoms with Crippen LogP contribution in [0.1, 0.15) is 10.4 Å². The van der Waals surface area contributed by atoms with Gasteiger partial charge in [-0.25, -0.2) is 4.98 Å². The number of anilines is 2. The minimum Gasteiger partial charge on any atom is -0.355 e. The largest absolute Gasteiger partial charge is 0.355 e. The van der Waals surface area contributed by atoms with E-state index in [1.807, 2.05) is 73.9 Å². The van der Waals surface area contributed by atoms with Crippen molar-refractivity contribution in [1.29, 1.82) is 0 Å². The van der Waals surface area contributed by atoms with Crippen LogP contribution in [0.2, 0.25) is 0 Å². The van der Waals surface area contributed by atoms with Gasteiger partial charge in [-0.3, -0.25) is 4.79 Å². The maximum atomic E-state index is 11.7. The molecule has 5 nitrogen and oxygen atoms in total. The second kappa shape index (κ2) is 6.96. The van der Waals surface area contributed by atoms with E-state index in [2.05, 4.69) is 26.3 Å². The summed E-state index contributed by atoms with van der Waals surface area (Å²) in [5.41, 5.74) is 4.87. The Balaban J connectivity index is 1.68. The summed E-state index contributed by atoms with van der Waals surface area (Å²) in [5.74, 6) is 0.718. The first-order valence-electron chi connectivity index (χ1n) is 8.76. The van der Waals surface area contributed by atoms with E-state index in [1.54, 1.807) is 7.05 Å². The normalized spacial score (nSPS) is 10.7. The molecule has 0 fully saturated rings. The molecule has 0 unspecified atom stereocenters. The van der Waals surface area contributed by atoms with Crippen LogP contribution >= 0.6 is 0 Å². The molecular formula is C22H20N4O. The molecule has 0 saturated carbocycles. The molecule has 1 amide bonds. The van der Waals surface area contributed by atoms with Crippen LogP contribution in [0.4, 0.5) is 11.5 Å². The summed E-state index contributed by atoms with van der Waals surface area (Å²) >= 11 is 0. The van der Waals surface area contributed by atoms with Crippen molar-refractivity contribution in [1.82, 2.24) is 14.9 Å². The SMILES string of the molecule is CNC(=O)c1ccc(-c2cc3cnc(Nc4ccccc4)cc3n2C)cc1. The summed E-state index contributed by atoms with van der Waals surface area (Å²) in [6, 6.07) is 21.8. The Hall–Kier alpha value is -3.60. The molecule has 134 valence electrons. The number of amides is 1. The van der Waals surface area contributed by atoms with Crippen LogP contribution < -0.4 is 10.6 Å². The van der Waals surface area contributed by atoms with Crippen LogP contribution in [0.25, 0.3) is 22.2 Å². The minimum atomic E-state index is -0.0839. The summed E-state index contributed by atoms with van der Waals surface area (Å²) in [7, 11) is 3.67. The molecule has 0 aliphatic heterocycles. The number of hydrogen-bond donors (Lipinski definition) is 2.